The Kier molecular flexibility index (Phi) is 3.34. The number of rotatable bonds is 3. The molecule has 1 N–H and O–H groups in total. The van der Waals surface area contributed by atoms with Crippen LogP contribution in [0.1, 0.15) is 12.0 Å². The van der Waals surface area contributed by atoms with Crippen LogP contribution in [0.2, 0.25) is 0 Å². The molecule has 0 saturated carbocycles. The first-order valence-electron chi connectivity index (χ1n) is 5.26. The molecule has 2 unspecified atom stereocenters. The van der Waals surface area contributed by atoms with Gasteiger partial charge in [0.25, 0.3) is 0 Å². The van der Waals surface area contributed by atoms with Crippen LogP contribution in [0.3, 0.4) is 0 Å². The van der Waals surface area contributed by atoms with Crippen LogP contribution in [-0.2, 0) is 11.2 Å². The zero-order valence-corrected chi connectivity index (χ0v) is 8.53. The molecule has 0 aromatic heterocycles. The van der Waals surface area contributed by atoms with E-state index in [1.165, 1.54) is 12.1 Å². The van der Waals surface area contributed by atoms with Crippen LogP contribution in [0.4, 0.5) is 4.39 Å². The van der Waals surface area contributed by atoms with Crippen LogP contribution in [0.25, 0.3) is 0 Å². The van der Waals surface area contributed by atoms with Crippen LogP contribution >= 0.6 is 0 Å². The quantitative estimate of drug-likeness (QED) is 0.823. The average Bonchev–Trinajstić information content (AvgIpc) is 2.70. The van der Waals surface area contributed by atoms with Crippen molar-refractivity contribution < 1.29 is 14.2 Å². The highest BCUT2D eigenvalue weighted by molar-refractivity contribution is 5.17. The van der Waals surface area contributed by atoms with Crippen LogP contribution < -0.4 is 0 Å². The van der Waals surface area contributed by atoms with Gasteiger partial charge in [-0.15, -0.1) is 0 Å². The van der Waals surface area contributed by atoms with Crippen molar-refractivity contribution in [2.75, 3.05) is 13.2 Å². The fourth-order valence-corrected chi connectivity index (χ4v) is 1.93. The summed E-state index contributed by atoms with van der Waals surface area (Å²) in [5, 5.41) is 9.89. The minimum absolute atomic E-state index is 0.202. The standard InChI is InChI=1S/C12H15FO2/c13-11-3-1-2-9(6-11)7-12(14)10-4-5-15-8-10/h1-3,6,10,12,14H,4-5,7-8H2. The van der Waals surface area contributed by atoms with Crippen molar-refractivity contribution in [1.29, 1.82) is 0 Å². The van der Waals surface area contributed by atoms with Gasteiger partial charge in [-0.05, 0) is 30.5 Å². The molecular weight excluding hydrogens is 195 g/mol. The number of benzene rings is 1. The Labute approximate surface area is 88.7 Å². The van der Waals surface area contributed by atoms with Crippen LogP contribution in [0, 0.1) is 11.7 Å². The number of aliphatic hydroxyl groups excluding tert-OH is 1. The Morgan fingerprint density at radius 2 is 2.40 bits per heavy atom. The van der Waals surface area contributed by atoms with E-state index in [-0.39, 0.29) is 11.7 Å². The maximum Gasteiger partial charge on any atom is 0.123 e. The Bertz CT molecular complexity index is 321. The van der Waals surface area contributed by atoms with Gasteiger partial charge in [0.2, 0.25) is 0 Å². The van der Waals surface area contributed by atoms with Crippen molar-refractivity contribution >= 4 is 0 Å². The van der Waals surface area contributed by atoms with Crippen molar-refractivity contribution in [2.24, 2.45) is 5.92 Å². The molecule has 2 atom stereocenters. The molecule has 1 aromatic rings. The number of hydrogen-bond acceptors (Lipinski definition) is 2. The molecule has 2 nitrogen and oxygen atoms in total. The number of aliphatic hydroxyl groups is 1. The lowest BCUT2D eigenvalue weighted by Gasteiger charge is -2.16. The molecule has 15 heavy (non-hydrogen) atoms. The van der Waals surface area contributed by atoms with E-state index < -0.39 is 6.10 Å². The fourth-order valence-electron chi connectivity index (χ4n) is 1.93. The molecule has 1 saturated heterocycles. The van der Waals surface area contributed by atoms with Crippen molar-refractivity contribution in [2.45, 2.75) is 18.9 Å². The third-order valence-electron chi connectivity index (χ3n) is 2.84. The van der Waals surface area contributed by atoms with Gasteiger partial charge in [-0.25, -0.2) is 4.39 Å². The molecule has 1 fully saturated rings. The van der Waals surface area contributed by atoms with Gasteiger partial charge in [-0.1, -0.05) is 12.1 Å². The minimum Gasteiger partial charge on any atom is -0.392 e. The lowest BCUT2D eigenvalue weighted by molar-refractivity contribution is 0.0918. The zero-order valence-electron chi connectivity index (χ0n) is 8.53. The molecule has 1 heterocycles. The molecule has 0 spiro atoms. The van der Waals surface area contributed by atoms with Gasteiger partial charge >= 0.3 is 0 Å². The van der Waals surface area contributed by atoms with Gasteiger partial charge in [0, 0.05) is 12.5 Å². The third-order valence-corrected chi connectivity index (χ3v) is 2.84. The molecule has 0 aliphatic carbocycles. The first-order valence-corrected chi connectivity index (χ1v) is 5.26. The summed E-state index contributed by atoms with van der Waals surface area (Å²) in [6.45, 7) is 1.35. The van der Waals surface area contributed by atoms with Crippen molar-refractivity contribution in [3.8, 4) is 0 Å². The monoisotopic (exact) mass is 210 g/mol. The normalized spacial score (nSPS) is 22.9. The second-order valence-electron chi connectivity index (χ2n) is 4.03. The van der Waals surface area contributed by atoms with E-state index in [2.05, 4.69) is 0 Å². The van der Waals surface area contributed by atoms with Gasteiger partial charge in [0.05, 0.1) is 12.7 Å². The van der Waals surface area contributed by atoms with E-state index in [0.29, 0.717) is 13.0 Å². The lowest BCUT2D eigenvalue weighted by atomic mass is 9.95. The van der Waals surface area contributed by atoms with E-state index in [9.17, 15) is 9.50 Å². The highest BCUT2D eigenvalue weighted by atomic mass is 19.1. The smallest absolute Gasteiger partial charge is 0.123 e. The molecule has 1 aromatic carbocycles. The first kappa shape index (κ1) is 10.6. The van der Waals surface area contributed by atoms with E-state index in [4.69, 9.17) is 4.74 Å². The number of hydrogen-bond donors (Lipinski definition) is 1. The molecular formula is C12H15FO2. The highest BCUT2D eigenvalue weighted by Gasteiger charge is 2.23. The maximum atomic E-state index is 12.9. The van der Waals surface area contributed by atoms with Gasteiger partial charge < -0.3 is 9.84 Å². The zero-order chi connectivity index (χ0) is 10.7. The van der Waals surface area contributed by atoms with E-state index in [1.807, 2.05) is 6.07 Å². The summed E-state index contributed by atoms with van der Waals surface area (Å²) in [4.78, 5) is 0. The summed E-state index contributed by atoms with van der Waals surface area (Å²) < 4.78 is 18.1. The van der Waals surface area contributed by atoms with Gasteiger partial charge in [-0.3, -0.25) is 0 Å². The van der Waals surface area contributed by atoms with E-state index >= 15 is 0 Å². The second kappa shape index (κ2) is 4.73. The second-order valence-corrected chi connectivity index (χ2v) is 4.03. The molecule has 0 radical (unpaired) electrons. The van der Waals surface area contributed by atoms with Gasteiger partial charge in [-0.2, -0.15) is 0 Å². The van der Waals surface area contributed by atoms with Crippen molar-refractivity contribution in [3.05, 3.63) is 35.6 Å². The van der Waals surface area contributed by atoms with Crippen molar-refractivity contribution in [1.82, 2.24) is 0 Å². The summed E-state index contributed by atoms with van der Waals surface area (Å²) in [6, 6.07) is 6.39. The molecule has 1 aliphatic rings. The van der Waals surface area contributed by atoms with Crippen LogP contribution in [0.5, 0.6) is 0 Å². The van der Waals surface area contributed by atoms with Gasteiger partial charge in [0.15, 0.2) is 0 Å². The van der Waals surface area contributed by atoms with Crippen LogP contribution in [-0.4, -0.2) is 24.4 Å². The Morgan fingerprint density at radius 1 is 1.53 bits per heavy atom. The molecule has 1 aliphatic heterocycles. The highest BCUT2D eigenvalue weighted by Crippen LogP contribution is 2.19. The SMILES string of the molecule is OC(Cc1cccc(F)c1)C1CCOC1. The summed E-state index contributed by atoms with van der Waals surface area (Å²) in [5.41, 5.74) is 0.842. The molecule has 0 amide bonds. The molecule has 3 heteroatoms. The largest absolute Gasteiger partial charge is 0.392 e. The number of ether oxygens (including phenoxy) is 1. The summed E-state index contributed by atoms with van der Waals surface area (Å²) in [5.74, 6) is -0.0457. The third kappa shape index (κ3) is 2.76. The molecule has 82 valence electrons. The van der Waals surface area contributed by atoms with Gasteiger partial charge in [0.1, 0.15) is 5.82 Å². The Morgan fingerprint density at radius 3 is 3.07 bits per heavy atom. The lowest BCUT2D eigenvalue weighted by Crippen LogP contribution is -2.23. The van der Waals surface area contributed by atoms with E-state index in [1.54, 1.807) is 6.07 Å². The first-order chi connectivity index (χ1) is 7.25. The fraction of sp³-hybridized carbons (Fsp3) is 0.500. The predicted molar refractivity (Wildman–Crippen MR) is 55.0 cm³/mol. The molecule has 2 rings (SSSR count). The summed E-state index contributed by atoms with van der Waals surface area (Å²) in [6.07, 6.45) is 0.983. The Balaban J connectivity index is 1.95. The average molecular weight is 210 g/mol. The minimum atomic E-state index is -0.422. The topological polar surface area (TPSA) is 29.5 Å². The Hall–Kier alpha value is -0.930. The van der Waals surface area contributed by atoms with Crippen molar-refractivity contribution in [3.63, 3.8) is 0 Å². The number of halogens is 1. The van der Waals surface area contributed by atoms with Crippen LogP contribution in [0.15, 0.2) is 24.3 Å². The molecule has 0 bridgehead atoms. The summed E-state index contributed by atoms with van der Waals surface area (Å²) in [7, 11) is 0. The van der Waals surface area contributed by atoms with E-state index in [0.717, 1.165) is 18.6 Å². The predicted octanol–water partition coefficient (Wildman–Crippen LogP) is 1.77. The maximum absolute atomic E-state index is 12.9. The summed E-state index contributed by atoms with van der Waals surface area (Å²) >= 11 is 0.